The van der Waals surface area contributed by atoms with E-state index < -0.39 is 0 Å². The molecule has 0 spiro atoms. The number of hydrogen-bond acceptors (Lipinski definition) is 3. The van der Waals surface area contributed by atoms with Gasteiger partial charge in [-0.05, 0) is 86.0 Å². The Bertz CT molecular complexity index is 633. The third-order valence-electron chi connectivity index (χ3n) is 7.78. The summed E-state index contributed by atoms with van der Waals surface area (Å²) in [6.07, 6.45) is 11.1. The first kappa shape index (κ1) is 19.1. The smallest absolute Gasteiger partial charge is 0.275 e. The molecular formula is C23H35N2O2S+. The molecule has 1 amide bonds. The molecule has 2 atom stereocenters. The molecule has 5 fully saturated rings. The first-order valence-corrected chi connectivity index (χ1v) is 12.3. The molecule has 5 aliphatic rings. The standard InChI is InChI=1S/C23H34N2O2S/c26-22(24-16-23-10-17-7-18(11-23)9-19(8-17)12-23)15-25(13-20-3-1-5-27-20)14-21-4-2-6-28-21/h2,4,6,17-20H,1,3,5,7-16H2,(H,24,26)/p+1/t17?,18?,19?,20-,23?/m1/s1. The minimum absolute atomic E-state index is 0.236. The van der Waals surface area contributed by atoms with E-state index >= 15 is 0 Å². The molecule has 1 saturated heterocycles. The molecule has 4 aliphatic carbocycles. The van der Waals surface area contributed by atoms with Crippen LogP contribution in [0.4, 0.5) is 0 Å². The number of carbonyl (C=O) groups is 1. The van der Waals surface area contributed by atoms with Gasteiger partial charge in [0.1, 0.15) is 19.2 Å². The maximum atomic E-state index is 12.9. The molecule has 0 aromatic carbocycles. The number of amides is 1. The predicted octanol–water partition coefficient (Wildman–Crippen LogP) is 2.64. The number of nitrogens with one attached hydrogen (secondary N) is 2. The minimum Gasteiger partial charge on any atom is -0.372 e. The maximum Gasteiger partial charge on any atom is 0.275 e. The lowest BCUT2D eigenvalue weighted by molar-refractivity contribution is -0.908. The van der Waals surface area contributed by atoms with Crippen LogP contribution in [0.3, 0.4) is 0 Å². The molecule has 1 aromatic rings. The van der Waals surface area contributed by atoms with Crippen molar-refractivity contribution in [3.05, 3.63) is 22.4 Å². The number of carbonyl (C=O) groups excluding carboxylic acids is 1. The minimum atomic E-state index is 0.236. The van der Waals surface area contributed by atoms with E-state index in [4.69, 9.17) is 4.74 Å². The second-order valence-corrected chi connectivity index (χ2v) is 11.2. The zero-order valence-electron chi connectivity index (χ0n) is 17.0. The second kappa shape index (κ2) is 8.08. The summed E-state index contributed by atoms with van der Waals surface area (Å²) in [5.74, 6) is 3.08. The van der Waals surface area contributed by atoms with Gasteiger partial charge in [-0.1, -0.05) is 6.07 Å². The lowest BCUT2D eigenvalue weighted by atomic mass is 9.49. The molecule has 28 heavy (non-hydrogen) atoms. The summed E-state index contributed by atoms with van der Waals surface area (Å²) in [5, 5.41) is 5.51. The van der Waals surface area contributed by atoms with Gasteiger partial charge < -0.3 is 15.0 Å². The van der Waals surface area contributed by atoms with Gasteiger partial charge in [-0.2, -0.15) is 0 Å². The van der Waals surface area contributed by atoms with Gasteiger partial charge in [-0.25, -0.2) is 0 Å². The summed E-state index contributed by atoms with van der Waals surface area (Å²) in [6, 6.07) is 4.30. The summed E-state index contributed by atoms with van der Waals surface area (Å²) < 4.78 is 5.86. The topological polar surface area (TPSA) is 42.8 Å². The molecule has 1 aliphatic heterocycles. The van der Waals surface area contributed by atoms with E-state index in [1.54, 1.807) is 11.3 Å². The number of rotatable bonds is 8. The average molecular weight is 404 g/mol. The van der Waals surface area contributed by atoms with Crippen LogP contribution >= 0.6 is 11.3 Å². The van der Waals surface area contributed by atoms with Crippen LogP contribution in [0.2, 0.25) is 0 Å². The summed E-state index contributed by atoms with van der Waals surface area (Å²) in [4.78, 5) is 15.6. The third-order valence-corrected chi connectivity index (χ3v) is 8.66. The van der Waals surface area contributed by atoms with E-state index in [0.29, 0.717) is 18.1 Å². The predicted molar refractivity (Wildman–Crippen MR) is 111 cm³/mol. The van der Waals surface area contributed by atoms with Gasteiger partial charge in [0.25, 0.3) is 5.91 Å². The van der Waals surface area contributed by atoms with E-state index in [0.717, 1.165) is 56.8 Å². The normalized spacial score (nSPS) is 37.3. The molecular weight excluding hydrogens is 368 g/mol. The van der Waals surface area contributed by atoms with Gasteiger partial charge >= 0.3 is 0 Å². The fraction of sp³-hybridized carbons (Fsp3) is 0.783. The van der Waals surface area contributed by atoms with Crippen LogP contribution < -0.4 is 10.2 Å². The Morgan fingerprint density at radius 1 is 1.21 bits per heavy atom. The third kappa shape index (κ3) is 4.31. The number of ether oxygens (including phenoxy) is 1. The van der Waals surface area contributed by atoms with Crippen molar-refractivity contribution in [2.45, 2.75) is 64.0 Å². The van der Waals surface area contributed by atoms with Gasteiger partial charge in [0.05, 0.1) is 4.88 Å². The van der Waals surface area contributed by atoms with Crippen molar-refractivity contribution in [1.82, 2.24) is 5.32 Å². The Balaban J connectivity index is 1.16. The molecule has 4 saturated carbocycles. The lowest BCUT2D eigenvalue weighted by Crippen LogP contribution is -3.13. The number of quaternary nitrogens is 1. The van der Waals surface area contributed by atoms with Crippen molar-refractivity contribution in [3.8, 4) is 0 Å². The molecule has 4 bridgehead atoms. The van der Waals surface area contributed by atoms with Gasteiger partial charge in [-0.15, -0.1) is 11.3 Å². The van der Waals surface area contributed by atoms with Crippen LogP contribution in [0, 0.1) is 23.2 Å². The maximum absolute atomic E-state index is 12.9. The highest BCUT2D eigenvalue weighted by atomic mass is 32.1. The Morgan fingerprint density at radius 2 is 1.96 bits per heavy atom. The number of hydrogen-bond donors (Lipinski definition) is 2. The molecule has 0 radical (unpaired) electrons. The lowest BCUT2D eigenvalue weighted by Gasteiger charge is -2.56. The summed E-state index contributed by atoms with van der Waals surface area (Å²) >= 11 is 1.79. The SMILES string of the molecule is O=C(C[NH+](Cc1cccs1)C[C@H]1CCCO1)NCC12CC3CC(CC(C3)C1)C2. The molecule has 4 nitrogen and oxygen atoms in total. The van der Waals surface area contributed by atoms with Crippen LogP contribution in [-0.2, 0) is 16.1 Å². The fourth-order valence-corrected chi connectivity index (χ4v) is 7.85. The summed E-state index contributed by atoms with van der Waals surface area (Å²) in [7, 11) is 0. The van der Waals surface area contributed by atoms with Crippen molar-refractivity contribution in [3.63, 3.8) is 0 Å². The van der Waals surface area contributed by atoms with Crippen molar-refractivity contribution in [1.29, 1.82) is 0 Å². The van der Waals surface area contributed by atoms with Gasteiger partial charge in [-0.3, -0.25) is 4.79 Å². The van der Waals surface area contributed by atoms with E-state index in [9.17, 15) is 4.79 Å². The van der Waals surface area contributed by atoms with E-state index in [1.165, 1.54) is 48.3 Å². The summed E-state index contributed by atoms with van der Waals surface area (Å²) in [6.45, 7) is 4.26. The van der Waals surface area contributed by atoms with Crippen LogP contribution in [-0.4, -0.2) is 38.3 Å². The molecule has 1 aromatic heterocycles. The monoisotopic (exact) mass is 403 g/mol. The van der Waals surface area contributed by atoms with E-state index in [-0.39, 0.29) is 5.91 Å². The van der Waals surface area contributed by atoms with Crippen LogP contribution in [0.25, 0.3) is 0 Å². The Hall–Kier alpha value is -0.910. The highest BCUT2D eigenvalue weighted by Crippen LogP contribution is 2.59. The van der Waals surface area contributed by atoms with Gasteiger partial charge in [0.2, 0.25) is 0 Å². The largest absolute Gasteiger partial charge is 0.372 e. The van der Waals surface area contributed by atoms with E-state index in [2.05, 4.69) is 22.8 Å². The molecule has 154 valence electrons. The van der Waals surface area contributed by atoms with Crippen LogP contribution in [0.15, 0.2) is 17.5 Å². The van der Waals surface area contributed by atoms with Crippen molar-refractivity contribution in [2.24, 2.45) is 23.2 Å². The molecule has 5 heteroatoms. The first-order valence-electron chi connectivity index (χ1n) is 11.4. The zero-order chi connectivity index (χ0) is 19.0. The average Bonchev–Trinajstić information content (AvgIpc) is 3.33. The molecule has 2 N–H and O–H groups in total. The quantitative estimate of drug-likeness (QED) is 0.701. The van der Waals surface area contributed by atoms with Crippen molar-refractivity contribution in [2.75, 3.05) is 26.2 Å². The summed E-state index contributed by atoms with van der Waals surface area (Å²) in [5.41, 5.74) is 0.424. The van der Waals surface area contributed by atoms with Gasteiger partial charge in [0, 0.05) is 13.2 Å². The number of thiophene rings is 1. The molecule has 2 heterocycles. The van der Waals surface area contributed by atoms with Crippen molar-refractivity contribution >= 4 is 17.2 Å². The highest BCUT2D eigenvalue weighted by molar-refractivity contribution is 7.09. The first-order chi connectivity index (χ1) is 13.7. The Kier molecular flexibility index (Phi) is 5.50. The Morgan fingerprint density at radius 3 is 2.57 bits per heavy atom. The molecule has 6 rings (SSSR count). The molecule has 1 unspecified atom stereocenters. The van der Waals surface area contributed by atoms with Gasteiger partial charge in [0.15, 0.2) is 6.54 Å². The zero-order valence-corrected chi connectivity index (χ0v) is 17.8. The Labute approximate surface area is 173 Å². The van der Waals surface area contributed by atoms with Crippen LogP contribution in [0.5, 0.6) is 0 Å². The fourth-order valence-electron chi connectivity index (χ4n) is 7.08. The van der Waals surface area contributed by atoms with Crippen molar-refractivity contribution < 1.29 is 14.4 Å². The highest BCUT2D eigenvalue weighted by Gasteiger charge is 2.50. The van der Waals surface area contributed by atoms with Crippen LogP contribution in [0.1, 0.15) is 56.2 Å². The van der Waals surface area contributed by atoms with E-state index in [1.807, 2.05) is 0 Å². The second-order valence-electron chi connectivity index (χ2n) is 10.2.